The van der Waals surface area contributed by atoms with Crippen molar-refractivity contribution in [1.29, 1.82) is 0 Å². The Labute approximate surface area is 158 Å². The third-order valence-corrected chi connectivity index (χ3v) is 4.98. The molecule has 2 aliphatic heterocycles. The quantitative estimate of drug-likeness (QED) is 0.836. The van der Waals surface area contributed by atoms with Crippen LogP contribution in [0.2, 0.25) is 0 Å². The summed E-state index contributed by atoms with van der Waals surface area (Å²) in [6, 6.07) is 6.34. The summed E-state index contributed by atoms with van der Waals surface area (Å²) in [5.41, 5.74) is 4.66. The number of fused-ring (bicyclic) bond motifs is 3. The highest BCUT2D eigenvalue weighted by molar-refractivity contribution is 6.06. The van der Waals surface area contributed by atoms with Gasteiger partial charge in [-0.2, -0.15) is 0 Å². The predicted molar refractivity (Wildman–Crippen MR) is 102 cm³/mol. The van der Waals surface area contributed by atoms with Gasteiger partial charge in [0, 0.05) is 25.3 Å². The number of carbonyl (C=O) groups excluding carboxylic acids is 1. The lowest BCUT2D eigenvalue weighted by molar-refractivity contribution is -0.126. The van der Waals surface area contributed by atoms with E-state index in [2.05, 4.69) is 47.1 Å². The number of ether oxygens (including phenoxy) is 1. The topological polar surface area (TPSA) is 72.6 Å². The molecule has 3 heterocycles. The lowest BCUT2D eigenvalue weighted by atomic mass is 9.87. The molecule has 0 aliphatic carbocycles. The van der Waals surface area contributed by atoms with Gasteiger partial charge in [-0.25, -0.2) is 9.67 Å². The number of allylic oxidation sites excluding steroid dienone is 1. The molecular formula is C20H23N5O2. The molecule has 1 aromatic carbocycles. The Morgan fingerprint density at radius 1 is 1.30 bits per heavy atom. The number of aromatic nitrogens is 3. The van der Waals surface area contributed by atoms with E-state index in [0.717, 1.165) is 17.7 Å². The normalized spacial score (nSPS) is 16.6. The Kier molecular flexibility index (Phi) is 4.61. The number of benzene rings is 1. The van der Waals surface area contributed by atoms with Gasteiger partial charge in [0.05, 0.1) is 5.70 Å². The zero-order valence-corrected chi connectivity index (χ0v) is 15.8. The minimum Gasteiger partial charge on any atom is -0.377 e. The average molecular weight is 365 g/mol. The van der Waals surface area contributed by atoms with Crippen LogP contribution in [0.5, 0.6) is 0 Å². The fourth-order valence-electron chi connectivity index (χ4n) is 3.71. The van der Waals surface area contributed by atoms with Crippen LogP contribution in [0, 0.1) is 0 Å². The smallest absolute Gasteiger partial charge is 0.248 e. The zero-order valence-electron chi connectivity index (χ0n) is 15.8. The molecule has 0 radical (unpaired) electrons. The second kappa shape index (κ2) is 7.08. The highest BCUT2D eigenvalue weighted by Gasteiger charge is 2.29. The van der Waals surface area contributed by atoms with E-state index in [1.165, 1.54) is 11.1 Å². The van der Waals surface area contributed by atoms with Crippen molar-refractivity contribution in [3.05, 3.63) is 53.1 Å². The lowest BCUT2D eigenvalue weighted by Crippen LogP contribution is -2.36. The molecule has 0 spiro atoms. The monoisotopic (exact) mass is 365 g/mol. The summed E-state index contributed by atoms with van der Waals surface area (Å²) in [5, 5.41) is 4.41. The number of rotatable bonds is 3. The van der Waals surface area contributed by atoms with Crippen molar-refractivity contribution in [2.75, 3.05) is 20.2 Å². The number of hydrogen-bond donors (Lipinski definition) is 0. The van der Waals surface area contributed by atoms with E-state index in [-0.39, 0.29) is 12.5 Å². The summed E-state index contributed by atoms with van der Waals surface area (Å²) >= 11 is 0. The summed E-state index contributed by atoms with van der Waals surface area (Å²) in [6.07, 6.45) is 4.42. The predicted octanol–water partition coefficient (Wildman–Crippen LogP) is 2.23. The van der Waals surface area contributed by atoms with E-state index >= 15 is 0 Å². The van der Waals surface area contributed by atoms with E-state index in [0.29, 0.717) is 30.7 Å². The van der Waals surface area contributed by atoms with E-state index < -0.39 is 0 Å². The van der Waals surface area contributed by atoms with Crippen LogP contribution in [0.25, 0.3) is 5.70 Å². The SMILES string of the molecule is COCc1ncn(C2=NCC(=O)N3CCc4c(cccc4C(C)C)C3=C2)n1. The molecule has 4 rings (SSSR count). The van der Waals surface area contributed by atoms with Crippen molar-refractivity contribution in [2.45, 2.75) is 32.8 Å². The highest BCUT2D eigenvalue weighted by atomic mass is 16.5. The molecule has 7 heteroatoms. The van der Waals surface area contributed by atoms with E-state index in [1.54, 1.807) is 18.1 Å². The number of amides is 1. The highest BCUT2D eigenvalue weighted by Crippen LogP contribution is 2.34. The maximum atomic E-state index is 12.7. The summed E-state index contributed by atoms with van der Waals surface area (Å²) in [5.74, 6) is 1.64. The fraction of sp³-hybridized carbons (Fsp3) is 0.400. The van der Waals surface area contributed by atoms with Crippen LogP contribution >= 0.6 is 0 Å². The van der Waals surface area contributed by atoms with Crippen molar-refractivity contribution in [3.8, 4) is 0 Å². The second-order valence-electron chi connectivity index (χ2n) is 7.07. The van der Waals surface area contributed by atoms with Crippen LogP contribution in [0.3, 0.4) is 0 Å². The van der Waals surface area contributed by atoms with Crippen molar-refractivity contribution in [2.24, 2.45) is 4.99 Å². The van der Waals surface area contributed by atoms with Gasteiger partial charge < -0.3 is 9.64 Å². The van der Waals surface area contributed by atoms with Gasteiger partial charge in [-0.3, -0.25) is 9.79 Å². The van der Waals surface area contributed by atoms with Gasteiger partial charge in [-0.05, 0) is 23.5 Å². The van der Waals surface area contributed by atoms with E-state index in [9.17, 15) is 4.79 Å². The first-order valence-corrected chi connectivity index (χ1v) is 9.17. The zero-order chi connectivity index (χ0) is 19.0. The largest absolute Gasteiger partial charge is 0.377 e. The van der Waals surface area contributed by atoms with Crippen molar-refractivity contribution >= 4 is 17.4 Å². The van der Waals surface area contributed by atoms with Crippen LogP contribution in [-0.2, 0) is 22.6 Å². The Morgan fingerprint density at radius 2 is 2.15 bits per heavy atom. The Bertz CT molecular complexity index is 942. The molecule has 1 amide bonds. The molecule has 0 bridgehead atoms. The van der Waals surface area contributed by atoms with Crippen molar-refractivity contribution < 1.29 is 9.53 Å². The fourth-order valence-corrected chi connectivity index (χ4v) is 3.71. The van der Waals surface area contributed by atoms with Gasteiger partial charge in [0.25, 0.3) is 0 Å². The molecule has 1 aromatic heterocycles. The summed E-state index contributed by atoms with van der Waals surface area (Å²) in [6.45, 7) is 5.52. The van der Waals surface area contributed by atoms with Crippen molar-refractivity contribution in [1.82, 2.24) is 19.7 Å². The maximum Gasteiger partial charge on any atom is 0.248 e. The third kappa shape index (κ3) is 3.19. The Morgan fingerprint density at radius 3 is 2.93 bits per heavy atom. The summed E-state index contributed by atoms with van der Waals surface area (Å²) in [4.78, 5) is 23.2. The first kappa shape index (κ1) is 17.6. The number of methoxy groups -OCH3 is 1. The molecule has 0 unspecified atom stereocenters. The van der Waals surface area contributed by atoms with Crippen LogP contribution in [0.1, 0.15) is 42.3 Å². The van der Waals surface area contributed by atoms with Crippen LogP contribution in [0.4, 0.5) is 0 Å². The van der Waals surface area contributed by atoms with Crippen LogP contribution in [-0.4, -0.2) is 51.6 Å². The van der Waals surface area contributed by atoms with Gasteiger partial charge in [-0.1, -0.05) is 32.0 Å². The number of carbonyl (C=O) groups is 1. The van der Waals surface area contributed by atoms with Gasteiger partial charge in [0.2, 0.25) is 5.91 Å². The summed E-state index contributed by atoms with van der Waals surface area (Å²) < 4.78 is 6.69. The molecule has 0 fully saturated rings. The summed E-state index contributed by atoms with van der Waals surface area (Å²) in [7, 11) is 1.60. The van der Waals surface area contributed by atoms with Gasteiger partial charge in [0.1, 0.15) is 19.5 Å². The molecule has 0 saturated carbocycles. The first-order chi connectivity index (χ1) is 13.1. The molecule has 0 saturated heterocycles. The molecule has 27 heavy (non-hydrogen) atoms. The number of hydrogen-bond acceptors (Lipinski definition) is 5. The Hall–Kier alpha value is -2.80. The van der Waals surface area contributed by atoms with Gasteiger partial charge in [0.15, 0.2) is 11.7 Å². The average Bonchev–Trinajstić information content (AvgIpc) is 3.05. The lowest BCUT2D eigenvalue weighted by Gasteiger charge is -2.32. The number of aliphatic imine (C=N–C) groups is 1. The Balaban J connectivity index is 1.80. The van der Waals surface area contributed by atoms with Gasteiger partial charge in [-0.15, -0.1) is 5.10 Å². The van der Waals surface area contributed by atoms with Crippen molar-refractivity contribution in [3.63, 3.8) is 0 Å². The maximum absolute atomic E-state index is 12.7. The molecule has 140 valence electrons. The molecular weight excluding hydrogens is 342 g/mol. The minimum absolute atomic E-state index is 0.00841. The minimum atomic E-state index is 0.00841. The first-order valence-electron chi connectivity index (χ1n) is 9.17. The van der Waals surface area contributed by atoms with Gasteiger partial charge >= 0.3 is 0 Å². The molecule has 0 N–H and O–H groups in total. The standard InChI is InChI=1S/C20H23N5O2/c1-13(2)14-5-4-6-16-15(14)7-8-24-17(16)9-19(21-10-20(24)26)25-12-22-18(23-25)11-27-3/h4-6,9,12-13H,7-8,10-11H2,1-3H3. The van der Waals surface area contributed by atoms with E-state index in [1.807, 2.05) is 11.0 Å². The second-order valence-corrected chi connectivity index (χ2v) is 7.07. The molecule has 0 atom stereocenters. The number of nitrogens with zero attached hydrogens (tertiary/aromatic N) is 5. The van der Waals surface area contributed by atoms with Crippen LogP contribution < -0.4 is 0 Å². The third-order valence-electron chi connectivity index (χ3n) is 4.98. The molecule has 7 nitrogen and oxygen atoms in total. The van der Waals surface area contributed by atoms with Crippen LogP contribution in [0.15, 0.2) is 35.6 Å². The molecule has 2 aromatic rings. The van der Waals surface area contributed by atoms with E-state index in [4.69, 9.17) is 4.74 Å². The molecule has 2 aliphatic rings.